The SMILES string of the molecule is Fc1ccc(N2CCC2)cc1F. The van der Waals surface area contributed by atoms with Gasteiger partial charge in [-0.2, -0.15) is 0 Å². The molecule has 0 amide bonds. The second-order valence-electron chi connectivity index (χ2n) is 2.94. The second kappa shape index (κ2) is 2.73. The molecular formula is C9H9F2N. The van der Waals surface area contributed by atoms with Gasteiger partial charge >= 0.3 is 0 Å². The van der Waals surface area contributed by atoms with E-state index in [2.05, 4.69) is 0 Å². The summed E-state index contributed by atoms with van der Waals surface area (Å²) in [4.78, 5) is 2.02. The third-order valence-electron chi connectivity index (χ3n) is 2.12. The first-order valence-corrected chi connectivity index (χ1v) is 3.97. The fraction of sp³-hybridized carbons (Fsp3) is 0.333. The highest BCUT2D eigenvalue weighted by molar-refractivity contribution is 5.48. The third kappa shape index (κ3) is 1.15. The molecule has 1 aliphatic rings. The van der Waals surface area contributed by atoms with Crippen LogP contribution in [0.4, 0.5) is 14.5 Å². The maximum atomic E-state index is 12.7. The van der Waals surface area contributed by atoms with Crippen molar-refractivity contribution < 1.29 is 8.78 Å². The molecule has 0 aromatic heterocycles. The monoisotopic (exact) mass is 169 g/mol. The van der Waals surface area contributed by atoms with E-state index in [1.807, 2.05) is 4.90 Å². The highest BCUT2D eigenvalue weighted by atomic mass is 19.2. The average Bonchev–Trinajstić information content (AvgIpc) is 1.93. The van der Waals surface area contributed by atoms with Crippen molar-refractivity contribution in [2.24, 2.45) is 0 Å². The lowest BCUT2D eigenvalue weighted by molar-refractivity contribution is 0.506. The van der Waals surface area contributed by atoms with Crippen molar-refractivity contribution in [2.45, 2.75) is 6.42 Å². The molecule has 12 heavy (non-hydrogen) atoms. The normalized spacial score (nSPS) is 16.0. The maximum absolute atomic E-state index is 12.7. The lowest BCUT2D eigenvalue weighted by Gasteiger charge is -2.33. The van der Waals surface area contributed by atoms with Gasteiger partial charge in [0.15, 0.2) is 11.6 Å². The Morgan fingerprint density at radius 2 is 1.83 bits per heavy atom. The molecule has 1 saturated heterocycles. The van der Waals surface area contributed by atoms with E-state index < -0.39 is 11.6 Å². The van der Waals surface area contributed by atoms with Crippen LogP contribution in [0.5, 0.6) is 0 Å². The quantitative estimate of drug-likeness (QED) is 0.622. The van der Waals surface area contributed by atoms with Crippen molar-refractivity contribution in [1.29, 1.82) is 0 Å². The Balaban J connectivity index is 2.27. The van der Waals surface area contributed by atoms with E-state index >= 15 is 0 Å². The highest BCUT2D eigenvalue weighted by Crippen LogP contribution is 2.22. The van der Waals surface area contributed by atoms with Gasteiger partial charge in [-0.05, 0) is 18.6 Å². The summed E-state index contributed by atoms with van der Waals surface area (Å²) in [5.74, 6) is -1.54. The van der Waals surface area contributed by atoms with Gasteiger partial charge in [0.2, 0.25) is 0 Å². The first-order chi connectivity index (χ1) is 5.77. The minimum Gasteiger partial charge on any atom is -0.371 e. The summed E-state index contributed by atoms with van der Waals surface area (Å²) in [6, 6.07) is 4.02. The molecule has 0 unspecified atom stereocenters. The van der Waals surface area contributed by atoms with Gasteiger partial charge in [0.05, 0.1) is 0 Å². The molecule has 0 atom stereocenters. The Labute approximate surface area is 69.6 Å². The van der Waals surface area contributed by atoms with Crippen molar-refractivity contribution in [3.05, 3.63) is 29.8 Å². The van der Waals surface area contributed by atoms with E-state index in [9.17, 15) is 8.78 Å². The van der Waals surface area contributed by atoms with Crippen LogP contribution in [-0.4, -0.2) is 13.1 Å². The van der Waals surface area contributed by atoms with Crippen LogP contribution in [0.1, 0.15) is 6.42 Å². The van der Waals surface area contributed by atoms with Crippen LogP contribution in [0.15, 0.2) is 18.2 Å². The molecule has 0 spiro atoms. The molecule has 0 bridgehead atoms. The molecule has 1 heterocycles. The van der Waals surface area contributed by atoms with Crippen LogP contribution in [0.3, 0.4) is 0 Å². The number of rotatable bonds is 1. The van der Waals surface area contributed by atoms with E-state index in [1.54, 1.807) is 6.07 Å². The zero-order valence-corrected chi connectivity index (χ0v) is 6.56. The molecule has 64 valence electrons. The number of benzene rings is 1. The molecule has 1 aromatic rings. The van der Waals surface area contributed by atoms with E-state index in [0.717, 1.165) is 25.2 Å². The summed E-state index contributed by atoms with van der Waals surface area (Å²) in [6.45, 7) is 1.90. The topological polar surface area (TPSA) is 3.24 Å². The summed E-state index contributed by atoms with van der Waals surface area (Å²) < 4.78 is 25.2. The molecule has 1 aromatic carbocycles. The number of anilines is 1. The van der Waals surface area contributed by atoms with Crippen LogP contribution in [0.25, 0.3) is 0 Å². The van der Waals surface area contributed by atoms with Gasteiger partial charge < -0.3 is 4.90 Å². The summed E-state index contributed by atoms with van der Waals surface area (Å²) in [7, 11) is 0. The largest absolute Gasteiger partial charge is 0.371 e. The van der Waals surface area contributed by atoms with Crippen LogP contribution < -0.4 is 4.90 Å². The first kappa shape index (κ1) is 7.53. The fourth-order valence-electron chi connectivity index (χ4n) is 1.26. The molecular weight excluding hydrogens is 160 g/mol. The van der Waals surface area contributed by atoms with Crippen LogP contribution in [0, 0.1) is 11.6 Å². The van der Waals surface area contributed by atoms with Crippen LogP contribution in [-0.2, 0) is 0 Å². The molecule has 1 fully saturated rings. The van der Waals surface area contributed by atoms with Gasteiger partial charge in [0.1, 0.15) is 0 Å². The van der Waals surface area contributed by atoms with E-state index in [0.29, 0.717) is 0 Å². The minimum atomic E-state index is -0.778. The average molecular weight is 169 g/mol. The van der Waals surface area contributed by atoms with Crippen LogP contribution in [0.2, 0.25) is 0 Å². The van der Waals surface area contributed by atoms with Crippen molar-refractivity contribution in [1.82, 2.24) is 0 Å². The fourth-order valence-corrected chi connectivity index (χ4v) is 1.26. The summed E-state index contributed by atoms with van der Waals surface area (Å²) in [5.41, 5.74) is 0.778. The first-order valence-electron chi connectivity index (χ1n) is 3.97. The van der Waals surface area contributed by atoms with Crippen LogP contribution >= 0.6 is 0 Å². The highest BCUT2D eigenvalue weighted by Gasteiger charge is 2.15. The molecule has 0 aliphatic carbocycles. The van der Waals surface area contributed by atoms with Crippen molar-refractivity contribution in [2.75, 3.05) is 18.0 Å². The molecule has 0 N–H and O–H groups in total. The molecule has 1 nitrogen and oxygen atoms in total. The van der Waals surface area contributed by atoms with Crippen molar-refractivity contribution in [3.8, 4) is 0 Å². The Kier molecular flexibility index (Phi) is 1.71. The summed E-state index contributed by atoms with van der Waals surface area (Å²) >= 11 is 0. The van der Waals surface area contributed by atoms with E-state index in [1.165, 1.54) is 12.1 Å². The number of halogens is 2. The zero-order chi connectivity index (χ0) is 8.55. The van der Waals surface area contributed by atoms with E-state index in [4.69, 9.17) is 0 Å². The lowest BCUT2D eigenvalue weighted by atomic mass is 10.2. The van der Waals surface area contributed by atoms with Gasteiger partial charge in [0.25, 0.3) is 0 Å². The second-order valence-corrected chi connectivity index (χ2v) is 2.94. The van der Waals surface area contributed by atoms with Crippen molar-refractivity contribution in [3.63, 3.8) is 0 Å². The van der Waals surface area contributed by atoms with Gasteiger partial charge in [0, 0.05) is 24.8 Å². The Morgan fingerprint density at radius 1 is 1.08 bits per heavy atom. The Morgan fingerprint density at radius 3 is 2.33 bits per heavy atom. The molecule has 0 saturated carbocycles. The minimum absolute atomic E-state index is 0.764. The maximum Gasteiger partial charge on any atom is 0.160 e. The predicted octanol–water partition coefficient (Wildman–Crippen LogP) is 2.17. The van der Waals surface area contributed by atoms with E-state index in [-0.39, 0.29) is 0 Å². The van der Waals surface area contributed by atoms with Gasteiger partial charge in [-0.15, -0.1) is 0 Å². The number of hydrogen-bond donors (Lipinski definition) is 0. The Bertz CT molecular complexity index is 295. The summed E-state index contributed by atoms with van der Waals surface area (Å²) in [5, 5.41) is 0. The molecule has 2 rings (SSSR count). The number of hydrogen-bond acceptors (Lipinski definition) is 1. The Hall–Kier alpha value is -1.12. The predicted molar refractivity (Wildman–Crippen MR) is 43.2 cm³/mol. The summed E-state index contributed by atoms with van der Waals surface area (Å²) in [6.07, 6.45) is 1.14. The molecule has 0 radical (unpaired) electrons. The van der Waals surface area contributed by atoms with Gasteiger partial charge in [-0.25, -0.2) is 8.78 Å². The van der Waals surface area contributed by atoms with Gasteiger partial charge in [-0.3, -0.25) is 0 Å². The molecule has 1 aliphatic heterocycles. The zero-order valence-electron chi connectivity index (χ0n) is 6.56. The lowest BCUT2D eigenvalue weighted by Crippen LogP contribution is -2.36. The number of nitrogens with zero attached hydrogens (tertiary/aromatic N) is 1. The molecule has 3 heteroatoms. The third-order valence-corrected chi connectivity index (χ3v) is 2.12. The van der Waals surface area contributed by atoms with Gasteiger partial charge in [-0.1, -0.05) is 0 Å². The standard InChI is InChI=1S/C9H9F2N/c10-8-3-2-7(6-9(8)11)12-4-1-5-12/h2-3,6H,1,4-5H2. The smallest absolute Gasteiger partial charge is 0.160 e. The van der Waals surface area contributed by atoms with Crippen molar-refractivity contribution >= 4 is 5.69 Å².